The fourth-order valence-electron chi connectivity index (χ4n) is 1.73. The van der Waals surface area contributed by atoms with Crippen LogP contribution in [0.4, 0.5) is 11.6 Å². The van der Waals surface area contributed by atoms with Crippen LogP contribution in [0.15, 0.2) is 42.7 Å². The van der Waals surface area contributed by atoms with Crippen molar-refractivity contribution < 1.29 is 9.90 Å². The molecule has 1 aromatic carbocycles. The van der Waals surface area contributed by atoms with E-state index < -0.39 is 5.97 Å². The van der Waals surface area contributed by atoms with Crippen LogP contribution in [-0.2, 0) is 4.79 Å². The summed E-state index contributed by atoms with van der Waals surface area (Å²) in [7, 11) is 1.76. The van der Waals surface area contributed by atoms with Gasteiger partial charge in [-0.25, -0.2) is 14.8 Å². The largest absolute Gasteiger partial charge is 0.478 e. The topological polar surface area (TPSA) is 90.1 Å². The fraction of sp³-hybridized carbons (Fsp3) is 0.0667. The lowest BCUT2D eigenvalue weighted by molar-refractivity contribution is -0.131. The van der Waals surface area contributed by atoms with Gasteiger partial charge in [0.05, 0.1) is 11.3 Å². The van der Waals surface area contributed by atoms with Crippen molar-refractivity contribution in [3.05, 3.63) is 53.9 Å². The molecule has 0 radical (unpaired) electrons. The van der Waals surface area contributed by atoms with Gasteiger partial charge in [-0.1, -0.05) is 12.1 Å². The summed E-state index contributed by atoms with van der Waals surface area (Å²) in [6.07, 6.45) is 5.48. The number of carbonyl (C=O) groups is 1. The van der Waals surface area contributed by atoms with Crippen molar-refractivity contribution in [2.75, 3.05) is 11.9 Å². The highest BCUT2D eigenvalue weighted by molar-refractivity contribution is 5.85. The van der Waals surface area contributed by atoms with E-state index >= 15 is 0 Å². The first kappa shape index (κ1) is 14.2. The molecule has 0 saturated heterocycles. The van der Waals surface area contributed by atoms with Crippen molar-refractivity contribution in [3.8, 4) is 6.07 Å². The lowest BCUT2D eigenvalue weighted by Gasteiger charge is -2.18. The van der Waals surface area contributed by atoms with E-state index in [1.54, 1.807) is 30.1 Å². The Morgan fingerprint density at radius 2 is 2.00 bits per heavy atom. The number of aliphatic carboxylic acids is 1. The minimum Gasteiger partial charge on any atom is -0.478 e. The van der Waals surface area contributed by atoms with Crippen molar-refractivity contribution in [2.45, 2.75) is 0 Å². The zero-order valence-electron chi connectivity index (χ0n) is 11.3. The molecule has 0 aliphatic carbocycles. The van der Waals surface area contributed by atoms with Crippen molar-refractivity contribution >= 4 is 23.7 Å². The Bertz CT molecular complexity index is 717. The Kier molecular flexibility index (Phi) is 4.26. The van der Waals surface area contributed by atoms with E-state index in [9.17, 15) is 4.79 Å². The van der Waals surface area contributed by atoms with E-state index in [2.05, 4.69) is 16.0 Å². The molecule has 0 fully saturated rings. The SMILES string of the molecule is CN(c1ncc(/C=C/C(=O)O)cn1)c1ccccc1C#N. The van der Waals surface area contributed by atoms with E-state index in [1.807, 2.05) is 6.07 Å². The molecule has 0 saturated carbocycles. The van der Waals surface area contributed by atoms with Crippen LogP contribution < -0.4 is 4.90 Å². The third-order valence-electron chi connectivity index (χ3n) is 2.76. The monoisotopic (exact) mass is 280 g/mol. The van der Waals surface area contributed by atoms with Crippen molar-refractivity contribution in [1.82, 2.24) is 9.97 Å². The van der Waals surface area contributed by atoms with Gasteiger partial charge in [0.15, 0.2) is 0 Å². The molecule has 2 rings (SSSR count). The zero-order valence-corrected chi connectivity index (χ0v) is 11.3. The molecule has 1 N–H and O–H groups in total. The van der Waals surface area contributed by atoms with Gasteiger partial charge in [0.2, 0.25) is 5.95 Å². The molecule has 1 heterocycles. The van der Waals surface area contributed by atoms with Gasteiger partial charge < -0.3 is 10.0 Å². The molecule has 6 nitrogen and oxygen atoms in total. The molecule has 104 valence electrons. The number of anilines is 2. The number of rotatable bonds is 4. The van der Waals surface area contributed by atoms with Crippen LogP contribution in [0.25, 0.3) is 6.08 Å². The maximum Gasteiger partial charge on any atom is 0.328 e. The first-order chi connectivity index (χ1) is 10.1. The second-order valence-corrected chi connectivity index (χ2v) is 4.18. The Balaban J connectivity index is 2.26. The normalized spacial score (nSPS) is 10.3. The highest BCUT2D eigenvalue weighted by atomic mass is 16.4. The molecule has 21 heavy (non-hydrogen) atoms. The molecule has 0 spiro atoms. The van der Waals surface area contributed by atoms with Crippen LogP contribution in [0, 0.1) is 11.3 Å². The molecule has 0 amide bonds. The van der Waals surface area contributed by atoms with E-state index in [0.717, 1.165) is 6.08 Å². The van der Waals surface area contributed by atoms with Gasteiger partial charge in [-0.05, 0) is 18.2 Å². The van der Waals surface area contributed by atoms with Gasteiger partial charge >= 0.3 is 5.97 Å². The molecule has 6 heteroatoms. The van der Waals surface area contributed by atoms with Gasteiger partial charge in [-0.2, -0.15) is 5.26 Å². The van der Waals surface area contributed by atoms with Crippen LogP contribution in [-0.4, -0.2) is 28.1 Å². The minimum absolute atomic E-state index is 0.421. The second kappa shape index (κ2) is 6.30. The van der Waals surface area contributed by atoms with Crippen molar-refractivity contribution in [3.63, 3.8) is 0 Å². The summed E-state index contributed by atoms with van der Waals surface area (Å²) in [6.45, 7) is 0. The fourth-order valence-corrected chi connectivity index (χ4v) is 1.73. The molecule has 2 aromatic rings. The highest BCUT2D eigenvalue weighted by Gasteiger charge is 2.10. The second-order valence-electron chi connectivity index (χ2n) is 4.18. The Morgan fingerprint density at radius 3 is 2.62 bits per heavy atom. The van der Waals surface area contributed by atoms with Crippen LogP contribution in [0.5, 0.6) is 0 Å². The maximum absolute atomic E-state index is 10.4. The lowest BCUT2D eigenvalue weighted by atomic mass is 10.2. The summed E-state index contributed by atoms with van der Waals surface area (Å²) in [5.41, 5.74) is 1.82. The predicted molar refractivity (Wildman–Crippen MR) is 77.9 cm³/mol. The van der Waals surface area contributed by atoms with E-state index in [0.29, 0.717) is 22.8 Å². The highest BCUT2D eigenvalue weighted by Crippen LogP contribution is 2.23. The lowest BCUT2D eigenvalue weighted by Crippen LogP contribution is -2.14. The number of nitrogens with zero attached hydrogens (tertiary/aromatic N) is 4. The molecule has 0 unspecified atom stereocenters. The van der Waals surface area contributed by atoms with Gasteiger partial charge in [-0.3, -0.25) is 0 Å². The number of para-hydroxylation sites is 1. The van der Waals surface area contributed by atoms with E-state index in [1.165, 1.54) is 18.5 Å². The smallest absolute Gasteiger partial charge is 0.328 e. The van der Waals surface area contributed by atoms with Gasteiger partial charge in [0.1, 0.15) is 6.07 Å². The number of hydrogen-bond acceptors (Lipinski definition) is 5. The summed E-state index contributed by atoms with van der Waals surface area (Å²) in [4.78, 5) is 20.5. The number of nitriles is 1. The standard InChI is InChI=1S/C15H12N4O2/c1-19(13-5-3-2-4-12(13)8-16)15-17-9-11(10-18-15)6-7-14(20)21/h2-7,9-10H,1H3,(H,20,21)/b7-6+. The summed E-state index contributed by atoms with van der Waals surface area (Å²) in [5.74, 6) is -0.607. The number of carboxylic acid groups (broad SMARTS) is 1. The van der Waals surface area contributed by atoms with Gasteiger partial charge in [-0.15, -0.1) is 0 Å². The average molecular weight is 280 g/mol. The summed E-state index contributed by atoms with van der Waals surface area (Å²) >= 11 is 0. The summed E-state index contributed by atoms with van der Waals surface area (Å²) in [6, 6.07) is 9.26. The number of hydrogen-bond donors (Lipinski definition) is 1. The molecular formula is C15H12N4O2. The van der Waals surface area contributed by atoms with Crippen LogP contribution in [0.1, 0.15) is 11.1 Å². The van der Waals surface area contributed by atoms with Crippen molar-refractivity contribution in [2.24, 2.45) is 0 Å². The quantitative estimate of drug-likeness (QED) is 0.863. The Hall–Kier alpha value is -3.20. The number of carboxylic acids is 1. The Morgan fingerprint density at radius 1 is 1.33 bits per heavy atom. The molecule has 1 aromatic heterocycles. The van der Waals surface area contributed by atoms with Gasteiger partial charge in [0.25, 0.3) is 0 Å². The maximum atomic E-state index is 10.4. The molecular weight excluding hydrogens is 268 g/mol. The number of aromatic nitrogens is 2. The van der Waals surface area contributed by atoms with Crippen LogP contribution >= 0.6 is 0 Å². The Labute approximate surface area is 121 Å². The third kappa shape index (κ3) is 3.42. The summed E-state index contributed by atoms with van der Waals surface area (Å²) in [5, 5.41) is 17.7. The molecule has 0 atom stereocenters. The van der Waals surface area contributed by atoms with Gasteiger partial charge in [0, 0.05) is 31.1 Å². The number of benzene rings is 1. The third-order valence-corrected chi connectivity index (χ3v) is 2.76. The van der Waals surface area contributed by atoms with E-state index in [-0.39, 0.29) is 0 Å². The summed E-state index contributed by atoms with van der Waals surface area (Å²) < 4.78 is 0. The van der Waals surface area contributed by atoms with Crippen molar-refractivity contribution in [1.29, 1.82) is 5.26 Å². The molecule has 0 aliphatic rings. The average Bonchev–Trinajstić information content (AvgIpc) is 2.52. The predicted octanol–water partition coefficient (Wildman–Crippen LogP) is 2.21. The minimum atomic E-state index is -1.03. The first-order valence-corrected chi connectivity index (χ1v) is 6.07. The molecule has 0 aliphatic heterocycles. The van der Waals surface area contributed by atoms with Crippen LogP contribution in [0.2, 0.25) is 0 Å². The zero-order chi connectivity index (χ0) is 15.2. The first-order valence-electron chi connectivity index (χ1n) is 6.07. The van der Waals surface area contributed by atoms with Crippen LogP contribution in [0.3, 0.4) is 0 Å². The molecule has 0 bridgehead atoms. The van der Waals surface area contributed by atoms with E-state index in [4.69, 9.17) is 10.4 Å².